The molecular formula is C84H56O6. The van der Waals surface area contributed by atoms with E-state index in [1.807, 2.05) is 78.9 Å². The molecule has 0 saturated carbocycles. The Morgan fingerprint density at radius 3 is 1.43 bits per heavy atom. The van der Waals surface area contributed by atoms with Gasteiger partial charge in [0.05, 0.1) is 25.3 Å². The van der Waals surface area contributed by atoms with Crippen LogP contribution < -0.4 is 9.47 Å². The van der Waals surface area contributed by atoms with Crippen LogP contribution in [0.4, 0.5) is 0 Å². The van der Waals surface area contributed by atoms with Crippen molar-refractivity contribution in [1.29, 1.82) is 0 Å². The summed E-state index contributed by atoms with van der Waals surface area (Å²) in [6.45, 7) is 0. The van der Waals surface area contributed by atoms with Gasteiger partial charge in [-0.2, -0.15) is 0 Å². The Bertz CT molecular complexity index is 5490. The van der Waals surface area contributed by atoms with E-state index in [0.29, 0.717) is 40.2 Å². The van der Waals surface area contributed by atoms with Gasteiger partial charge in [-0.15, -0.1) is 0 Å². The van der Waals surface area contributed by atoms with Crippen molar-refractivity contribution >= 4 is 93.4 Å². The second kappa shape index (κ2) is 22.0. The summed E-state index contributed by atoms with van der Waals surface area (Å²) in [5, 5.41) is 13.6. The maximum absolute atomic E-state index is 14.1. The highest BCUT2D eigenvalue weighted by molar-refractivity contribution is 6.15. The predicted octanol–water partition coefficient (Wildman–Crippen LogP) is 21.5. The molecule has 0 fully saturated rings. The Morgan fingerprint density at radius 1 is 0.356 bits per heavy atom. The third-order valence-electron chi connectivity index (χ3n) is 18.2. The first-order valence-corrected chi connectivity index (χ1v) is 30.3. The minimum absolute atomic E-state index is 0.422. The number of carbonyl (C=O) groups is 2. The van der Waals surface area contributed by atoms with E-state index in [9.17, 15) is 9.59 Å². The highest BCUT2D eigenvalue weighted by Gasteiger charge is 2.41. The zero-order chi connectivity index (χ0) is 60.5. The quantitative estimate of drug-likeness (QED) is 0.120. The van der Waals surface area contributed by atoms with Gasteiger partial charge in [0.15, 0.2) is 5.60 Å². The average molecular weight is 1160 g/mol. The Labute approximate surface area is 520 Å². The lowest BCUT2D eigenvalue weighted by molar-refractivity contribution is 0.0593. The SMILES string of the molecule is COC(=O)c1cc(C2(Oc3ccc4cc(-c5cccc6ccccc56)ccc4c3-c3c(Oc4c(-c5cccc6ccccc56)cc(C(=O)OC)c5ccccc45)ccc4cc(-c5cccc6ccccc56)ccc34)CC=Cc3ccccc32)cc2ccccc12. The number of rotatable bonds is 11. The second-order valence-electron chi connectivity index (χ2n) is 23.1. The molecule has 1 unspecified atom stereocenters. The zero-order valence-electron chi connectivity index (χ0n) is 49.4. The summed E-state index contributed by atoms with van der Waals surface area (Å²) < 4.78 is 27.2. The van der Waals surface area contributed by atoms with Crippen molar-refractivity contribution in [3.8, 4) is 61.8 Å². The largest absolute Gasteiger partial charge is 0.477 e. The molecule has 15 aromatic carbocycles. The summed E-state index contributed by atoms with van der Waals surface area (Å²) in [5.41, 5.74) is 10.0. The predicted molar refractivity (Wildman–Crippen MR) is 368 cm³/mol. The number of hydrogen-bond acceptors (Lipinski definition) is 6. The molecule has 0 aliphatic heterocycles. The first kappa shape index (κ1) is 53.8. The van der Waals surface area contributed by atoms with Gasteiger partial charge in [0.2, 0.25) is 0 Å². The third kappa shape index (κ3) is 8.94. The maximum Gasteiger partial charge on any atom is 0.338 e. The standard InChI is InChI=1S/C84H56O6/c1-87-82(85)74-50-61(49-56-23-6-11-31-67(56)74)84(46-18-27-55-22-7-14-37-76(55)84)90-78-45-41-60-48-58(66-35-16-25-53-20-4-9-29-63(53)66)39-43-69(60)80(78)79-68-42-38-57(65-34-15-24-52-19-3-8-28-62(52)65)47-59(68)40-44-77(79)89-81-72-33-13-12-32-71(72)75(83(86)88-2)51-73(81)70-36-17-26-54-21-5-10-30-64(54)70/h3-45,47-51H,46H2,1-2H3. The summed E-state index contributed by atoms with van der Waals surface area (Å²) in [4.78, 5) is 28.1. The van der Waals surface area contributed by atoms with Crippen molar-refractivity contribution < 1.29 is 28.5 Å². The summed E-state index contributed by atoms with van der Waals surface area (Å²) in [7, 11) is 2.85. The monoisotopic (exact) mass is 1160 g/mol. The lowest BCUT2D eigenvalue weighted by Gasteiger charge is -2.39. The highest BCUT2D eigenvalue weighted by Crippen LogP contribution is 2.54. The first-order chi connectivity index (χ1) is 44.3. The van der Waals surface area contributed by atoms with E-state index in [2.05, 4.69) is 212 Å². The number of methoxy groups -OCH3 is 2. The van der Waals surface area contributed by atoms with Crippen LogP contribution in [0.1, 0.15) is 43.8 Å². The number of fused-ring (bicyclic) bond motifs is 8. The Morgan fingerprint density at radius 2 is 0.822 bits per heavy atom. The molecule has 6 heteroatoms. The average Bonchev–Trinajstić information content (AvgIpc) is 0.748. The molecule has 90 heavy (non-hydrogen) atoms. The molecule has 1 aliphatic rings. The Balaban J connectivity index is 1.02. The molecule has 16 rings (SSSR count). The van der Waals surface area contributed by atoms with E-state index in [4.69, 9.17) is 18.9 Å². The molecular weight excluding hydrogens is 1100 g/mol. The number of hydrogen-bond donors (Lipinski definition) is 0. The van der Waals surface area contributed by atoms with Crippen molar-refractivity contribution in [2.45, 2.75) is 12.0 Å². The van der Waals surface area contributed by atoms with Gasteiger partial charge in [0.25, 0.3) is 0 Å². The van der Waals surface area contributed by atoms with Crippen LogP contribution in [0.15, 0.2) is 285 Å². The highest BCUT2D eigenvalue weighted by atomic mass is 16.5. The first-order valence-electron chi connectivity index (χ1n) is 30.3. The van der Waals surface area contributed by atoms with Crippen LogP contribution in [-0.2, 0) is 15.1 Å². The second-order valence-corrected chi connectivity index (χ2v) is 23.1. The molecule has 0 amide bonds. The molecule has 15 aromatic rings. The van der Waals surface area contributed by atoms with E-state index in [1.165, 1.54) is 14.2 Å². The number of carbonyl (C=O) groups excluding carboxylic acids is 2. The molecule has 0 heterocycles. The van der Waals surface area contributed by atoms with E-state index in [-0.39, 0.29) is 0 Å². The van der Waals surface area contributed by atoms with Crippen LogP contribution >= 0.6 is 0 Å². The van der Waals surface area contributed by atoms with Crippen molar-refractivity contribution in [3.05, 3.63) is 313 Å². The topological polar surface area (TPSA) is 71.1 Å². The molecule has 0 aromatic heterocycles. The van der Waals surface area contributed by atoms with Crippen LogP contribution in [0.2, 0.25) is 0 Å². The van der Waals surface area contributed by atoms with Crippen LogP contribution in [0.5, 0.6) is 17.2 Å². The van der Waals surface area contributed by atoms with Crippen LogP contribution in [0.25, 0.3) is 126 Å². The van der Waals surface area contributed by atoms with Gasteiger partial charge in [-0.3, -0.25) is 0 Å². The van der Waals surface area contributed by atoms with Crippen LogP contribution in [-0.4, -0.2) is 26.2 Å². The van der Waals surface area contributed by atoms with E-state index >= 15 is 0 Å². The molecule has 0 N–H and O–H groups in total. The minimum atomic E-state index is -1.20. The summed E-state index contributed by atoms with van der Waals surface area (Å²) in [6.07, 6.45) is 4.76. The summed E-state index contributed by atoms with van der Waals surface area (Å²) in [6, 6.07) is 96.8. The number of esters is 2. The molecule has 6 nitrogen and oxygen atoms in total. The van der Waals surface area contributed by atoms with Gasteiger partial charge in [0, 0.05) is 39.6 Å². The number of ether oxygens (including phenoxy) is 4. The Kier molecular flexibility index (Phi) is 13.1. The fourth-order valence-electron chi connectivity index (χ4n) is 14.0. The van der Waals surface area contributed by atoms with Crippen LogP contribution in [0.3, 0.4) is 0 Å². The molecule has 1 atom stereocenters. The molecule has 0 bridgehead atoms. The minimum Gasteiger partial charge on any atom is -0.477 e. The molecule has 1 aliphatic carbocycles. The van der Waals surface area contributed by atoms with Crippen molar-refractivity contribution in [3.63, 3.8) is 0 Å². The molecule has 0 saturated heterocycles. The van der Waals surface area contributed by atoms with Gasteiger partial charge in [-0.1, -0.05) is 249 Å². The lowest BCUT2D eigenvalue weighted by atomic mass is 9.76. The van der Waals surface area contributed by atoms with Gasteiger partial charge in [-0.05, 0) is 146 Å². The van der Waals surface area contributed by atoms with Gasteiger partial charge >= 0.3 is 11.9 Å². The third-order valence-corrected chi connectivity index (χ3v) is 18.2. The van der Waals surface area contributed by atoms with E-state index in [1.54, 1.807) is 0 Å². The summed E-state index contributed by atoms with van der Waals surface area (Å²) >= 11 is 0. The Hall–Kier alpha value is -11.6. The zero-order valence-corrected chi connectivity index (χ0v) is 49.4. The van der Waals surface area contributed by atoms with Gasteiger partial charge in [-0.25, -0.2) is 9.59 Å². The molecule has 428 valence electrons. The van der Waals surface area contributed by atoms with Gasteiger partial charge < -0.3 is 18.9 Å². The van der Waals surface area contributed by atoms with E-state index < -0.39 is 17.5 Å². The van der Waals surface area contributed by atoms with Crippen molar-refractivity contribution in [2.75, 3.05) is 14.2 Å². The number of benzene rings is 15. The smallest absolute Gasteiger partial charge is 0.338 e. The van der Waals surface area contributed by atoms with E-state index in [0.717, 1.165) is 131 Å². The van der Waals surface area contributed by atoms with Gasteiger partial charge in [0.1, 0.15) is 17.2 Å². The lowest BCUT2D eigenvalue weighted by Crippen LogP contribution is -2.36. The normalized spacial score (nSPS) is 13.7. The van der Waals surface area contributed by atoms with Crippen molar-refractivity contribution in [2.24, 2.45) is 0 Å². The van der Waals surface area contributed by atoms with Crippen LogP contribution in [0, 0.1) is 0 Å². The van der Waals surface area contributed by atoms with Crippen molar-refractivity contribution in [1.82, 2.24) is 0 Å². The fourth-order valence-corrected chi connectivity index (χ4v) is 14.0. The molecule has 0 radical (unpaired) electrons. The maximum atomic E-state index is 14.1. The molecule has 0 spiro atoms. The summed E-state index contributed by atoms with van der Waals surface area (Å²) in [5.74, 6) is 0.828. The fraction of sp³-hybridized carbons (Fsp3) is 0.0476.